The first kappa shape index (κ1) is 9.17. The van der Waals surface area contributed by atoms with Gasteiger partial charge in [0.1, 0.15) is 0 Å². The molecule has 0 atom stereocenters. The van der Waals surface area contributed by atoms with Gasteiger partial charge in [0.2, 0.25) is 0 Å². The van der Waals surface area contributed by atoms with E-state index >= 15 is 0 Å². The Balaban J connectivity index is 2.61. The van der Waals surface area contributed by atoms with Crippen LogP contribution in [0.1, 0.15) is 5.56 Å². The summed E-state index contributed by atoms with van der Waals surface area (Å²) < 4.78 is 0. The van der Waals surface area contributed by atoms with E-state index in [2.05, 4.69) is 61.2 Å². The lowest BCUT2D eigenvalue weighted by atomic mass is 9.97. The molecule has 0 aliphatic heterocycles. The van der Waals surface area contributed by atoms with Crippen LogP contribution in [0.2, 0.25) is 0 Å². The highest BCUT2D eigenvalue weighted by molar-refractivity contribution is 6.06. The summed E-state index contributed by atoms with van der Waals surface area (Å²) in [6, 6.07) is 19.1. The quantitative estimate of drug-likeness (QED) is 0.507. The molecule has 0 fully saturated rings. The van der Waals surface area contributed by atoms with Crippen LogP contribution in [0.25, 0.3) is 27.6 Å². The Hall–Kier alpha value is -2.08. The molecule has 3 aromatic rings. The second-order valence-corrected chi connectivity index (χ2v) is 3.94. The lowest BCUT2D eigenvalue weighted by Gasteiger charge is -2.07. The van der Waals surface area contributed by atoms with Gasteiger partial charge >= 0.3 is 0 Å². The summed E-state index contributed by atoms with van der Waals surface area (Å²) in [4.78, 5) is 0. The molecule has 0 bridgehead atoms. The Bertz CT molecular complexity index is 624. The van der Waals surface area contributed by atoms with E-state index in [-0.39, 0.29) is 0 Å². The average molecular weight is 204 g/mol. The van der Waals surface area contributed by atoms with E-state index < -0.39 is 0 Å². The summed E-state index contributed by atoms with van der Waals surface area (Å²) in [5.74, 6) is 0. The topological polar surface area (TPSA) is 0 Å². The number of benzene rings is 3. The summed E-state index contributed by atoms with van der Waals surface area (Å²) in [6.45, 7) is 3.93. The van der Waals surface area contributed by atoms with Crippen LogP contribution in [-0.2, 0) is 0 Å². The molecule has 0 N–H and O–H groups in total. The van der Waals surface area contributed by atoms with Gasteiger partial charge in [-0.25, -0.2) is 0 Å². The smallest absolute Gasteiger partial charge is 0.0105 e. The van der Waals surface area contributed by atoms with Gasteiger partial charge in [-0.2, -0.15) is 0 Å². The Morgan fingerprint density at radius 1 is 0.750 bits per heavy atom. The van der Waals surface area contributed by atoms with Crippen molar-refractivity contribution in [1.29, 1.82) is 0 Å². The van der Waals surface area contributed by atoms with Crippen molar-refractivity contribution in [3.63, 3.8) is 0 Å². The predicted octanol–water partition coefficient (Wildman–Crippen LogP) is 4.64. The number of hydrogen-bond acceptors (Lipinski definition) is 0. The second-order valence-electron chi connectivity index (χ2n) is 3.94. The monoisotopic (exact) mass is 204 g/mol. The number of fused-ring (bicyclic) bond motifs is 2. The van der Waals surface area contributed by atoms with Crippen molar-refractivity contribution in [1.82, 2.24) is 0 Å². The van der Waals surface area contributed by atoms with E-state index in [1.54, 1.807) is 0 Å². The van der Waals surface area contributed by atoms with E-state index in [9.17, 15) is 0 Å². The first-order chi connectivity index (χ1) is 7.90. The largest absolute Gasteiger partial charge is 0.0984 e. The van der Waals surface area contributed by atoms with Gasteiger partial charge in [-0.05, 0) is 33.2 Å². The molecule has 0 aromatic heterocycles. The number of hydrogen-bond donors (Lipinski definition) is 0. The molecule has 0 radical (unpaired) electrons. The lowest BCUT2D eigenvalue weighted by molar-refractivity contribution is 1.74. The number of rotatable bonds is 1. The zero-order valence-corrected chi connectivity index (χ0v) is 8.98. The molecule has 0 aliphatic carbocycles. The molecule has 0 nitrogen and oxygen atoms in total. The van der Waals surface area contributed by atoms with Crippen molar-refractivity contribution in [2.75, 3.05) is 0 Å². The van der Waals surface area contributed by atoms with Crippen molar-refractivity contribution in [3.8, 4) is 0 Å². The minimum absolute atomic E-state index is 1.23. The summed E-state index contributed by atoms with van der Waals surface area (Å²) in [6.07, 6.45) is 1.95. The standard InChI is InChI=1S/C16H12/c1-2-14-15-9-5-3-7-12(15)11-13-8-4-6-10-16(13)14/h2-11H,1H2. The Morgan fingerprint density at radius 2 is 1.25 bits per heavy atom. The van der Waals surface area contributed by atoms with Gasteiger partial charge in [0.25, 0.3) is 0 Å². The Morgan fingerprint density at radius 3 is 1.75 bits per heavy atom. The van der Waals surface area contributed by atoms with Crippen LogP contribution in [0.3, 0.4) is 0 Å². The molecular formula is C16H12. The van der Waals surface area contributed by atoms with Crippen LogP contribution in [0.5, 0.6) is 0 Å². The highest BCUT2D eigenvalue weighted by atomic mass is 14.1. The summed E-state index contributed by atoms with van der Waals surface area (Å²) in [5, 5.41) is 5.10. The van der Waals surface area contributed by atoms with Crippen molar-refractivity contribution < 1.29 is 0 Å². The SMILES string of the molecule is C=Cc1c2ccccc2cc2ccccc12. The first-order valence-corrected chi connectivity index (χ1v) is 5.43. The molecule has 3 aromatic carbocycles. The van der Waals surface area contributed by atoms with Crippen LogP contribution in [-0.4, -0.2) is 0 Å². The lowest BCUT2D eigenvalue weighted by Crippen LogP contribution is -1.82. The predicted molar refractivity (Wildman–Crippen MR) is 71.5 cm³/mol. The molecule has 0 unspecified atom stereocenters. The zero-order valence-electron chi connectivity index (χ0n) is 8.98. The van der Waals surface area contributed by atoms with Gasteiger partial charge in [0.15, 0.2) is 0 Å². The first-order valence-electron chi connectivity index (χ1n) is 5.43. The van der Waals surface area contributed by atoms with Crippen LogP contribution >= 0.6 is 0 Å². The van der Waals surface area contributed by atoms with Gasteiger partial charge in [-0.1, -0.05) is 61.2 Å². The van der Waals surface area contributed by atoms with Crippen LogP contribution in [0.15, 0.2) is 61.2 Å². The van der Waals surface area contributed by atoms with Crippen molar-refractivity contribution in [2.24, 2.45) is 0 Å². The molecule has 0 spiro atoms. The van der Waals surface area contributed by atoms with Gasteiger partial charge < -0.3 is 0 Å². The van der Waals surface area contributed by atoms with Crippen molar-refractivity contribution >= 4 is 27.6 Å². The third-order valence-corrected chi connectivity index (χ3v) is 3.02. The Kier molecular flexibility index (Phi) is 2.00. The third-order valence-electron chi connectivity index (χ3n) is 3.02. The fourth-order valence-electron chi connectivity index (χ4n) is 2.27. The fraction of sp³-hybridized carbons (Fsp3) is 0. The van der Waals surface area contributed by atoms with Gasteiger partial charge in [0.05, 0.1) is 0 Å². The maximum atomic E-state index is 3.93. The maximum absolute atomic E-state index is 3.93. The molecule has 0 saturated carbocycles. The molecule has 16 heavy (non-hydrogen) atoms. The van der Waals surface area contributed by atoms with Gasteiger partial charge in [-0.15, -0.1) is 0 Å². The van der Waals surface area contributed by atoms with Crippen LogP contribution in [0.4, 0.5) is 0 Å². The second kappa shape index (κ2) is 3.49. The van der Waals surface area contributed by atoms with E-state index in [0.29, 0.717) is 0 Å². The van der Waals surface area contributed by atoms with E-state index in [1.165, 1.54) is 27.1 Å². The van der Waals surface area contributed by atoms with Gasteiger partial charge in [-0.3, -0.25) is 0 Å². The summed E-state index contributed by atoms with van der Waals surface area (Å²) in [7, 11) is 0. The van der Waals surface area contributed by atoms with E-state index in [0.717, 1.165) is 0 Å². The molecule has 0 amide bonds. The molecule has 3 rings (SSSR count). The molecule has 0 heterocycles. The highest BCUT2D eigenvalue weighted by Gasteiger charge is 2.03. The average Bonchev–Trinajstić information content (AvgIpc) is 2.36. The molecule has 0 aliphatic rings. The van der Waals surface area contributed by atoms with Crippen LogP contribution in [0, 0.1) is 0 Å². The minimum Gasteiger partial charge on any atom is -0.0984 e. The highest BCUT2D eigenvalue weighted by Crippen LogP contribution is 2.28. The van der Waals surface area contributed by atoms with Crippen molar-refractivity contribution in [2.45, 2.75) is 0 Å². The maximum Gasteiger partial charge on any atom is -0.0105 e. The van der Waals surface area contributed by atoms with E-state index in [1.807, 2.05) is 6.08 Å². The van der Waals surface area contributed by atoms with E-state index in [4.69, 9.17) is 0 Å². The molecule has 76 valence electrons. The van der Waals surface area contributed by atoms with Gasteiger partial charge in [0, 0.05) is 0 Å². The Labute approximate surface area is 94.8 Å². The minimum atomic E-state index is 1.23. The van der Waals surface area contributed by atoms with Crippen LogP contribution < -0.4 is 0 Å². The van der Waals surface area contributed by atoms with Crippen molar-refractivity contribution in [3.05, 3.63) is 66.7 Å². The zero-order chi connectivity index (χ0) is 11.0. The normalized spacial score (nSPS) is 10.8. The fourth-order valence-corrected chi connectivity index (χ4v) is 2.27. The third kappa shape index (κ3) is 1.24. The molecular weight excluding hydrogens is 192 g/mol. The molecule has 0 saturated heterocycles. The summed E-state index contributed by atoms with van der Waals surface area (Å²) >= 11 is 0. The molecule has 0 heteroatoms. The summed E-state index contributed by atoms with van der Waals surface area (Å²) in [5.41, 5.74) is 1.23.